The van der Waals surface area contributed by atoms with Crippen molar-refractivity contribution >= 4 is 11.9 Å². The fraction of sp³-hybridized carbons (Fsp3) is 0.150. The van der Waals surface area contributed by atoms with Gasteiger partial charge in [0.25, 0.3) is 0 Å². The van der Waals surface area contributed by atoms with Crippen molar-refractivity contribution in [1.29, 1.82) is 0 Å². The highest BCUT2D eigenvalue weighted by molar-refractivity contribution is 5.96. The van der Waals surface area contributed by atoms with Crippen LogP contribution in [0.15, 0.2) is 59.1 Å². The lowest BCUT2D eigenvalue weighted by molar-refractivity contribution is -0.121. The molecule has 3 aromatic rings. The van der Waals surface area contributed by atoms with Crippen LogP contribution in [0.25, 0.3) is 11.3 Å². The lowest BCUT2D eigenvalue weighted by atomic mass is 10.0. The van der Waals surface area contributed by atoms with Gasteiger partial charge in [0, 0.05) is 5.56 Å². The number of nitrogens with one attached hydrogen (secondary N) is 1. The van der Waals surface area contributed by atoms with Gasteiger partial charge in [-0.3, -0.25) is 4.79 Å². The van der Waals surface area contributed by atoms with Gasteiger partial charge in [-0.15, -0.1) is 0 Å². The molecule has 0 fully saturated rings. The minimum absolute atomic E-state index is 0.0308. The smallest absolute Gasteiger partial charge is 0.341 e. The zero-order chi connectivity index (χ0) is 19.4. The predicted molar refractivity (Wildman–Crippen MR) is 95.6 cm³/mol. The molecular weight excluding hydrogens is 351 g/mol. The summed E-state index contributed by atoms with van der Waals surface area (Å²) in [6.45, 7) is 1.62. The van der Waals surface area contributed by atoms with Crippen LogP contribution in [-0.4, -0.2) is 22.1 Å². The third kappa shape index (κ3) is 4.20. The number of carboxylic acid groups (broad SMARTS) is 1. The Labute approximate surface area is 154 Å². The van der Waals surface area contributed by atoms with Gasteiger partial charge >= 0.3 is 5.97 Å². The number of aromatic nitrogens is 1. The maximum Gasteiger partial charge on any atom is 0.341 e. The number of hydrogen-bond donors (Lipinski definition) is 2. The van der Waals surface area contributed by atoms with E-state index in [4.69, 9.17) is 4.52 Å². The molecule has 3 rings (SSSR count). The Balaban J connectivity index is 1.82. The Kier molecular flexibility index (Phi) is 5.30. The molecule has 27 heavy (non-hydrogen) atoms. The van der Waals surface area contributed by atoms with Crippen LogP contribution in [-0.2, 0) is 11.2 Å². The third-order valence-electron chi connectivity index (χ3n) is 4.03. The summed E-state index contributed by atoms with van der Waals surface area (Å²) in [7, 11) is 0. The van der Waals surface area contributed by atoms with Crippen LogP contribution < -0.4 is 5.32 Å². The van der Waals surface area contributed by atoms with Crippen LogP contribution >= 0.6 is 0 Å². The molecule has 7 heteroatoms. The van der Waals surface area contributed by atoms with Crippen molar-refractivity contribution in [1.82, 2.24) is 10.5 Å². The maximum atomic E-state index is 13.1. The number of nitrogens with zero attached hydrogens (tertiary/aromatic N) is 1. The number of carboxylic acids is 1. The van der Waals surface area contributed by atoms with Crippen molar-refractivity contribution in [3.8, 4) is 11.3 Å². The lowest BCUT2D eigenvalue weighted by Gasteiger charge is -2.12. The average Bonchev–Trinajstić information content (AvgIpc) is 3.08. The zero-order valence-corrected chi connectivity index (χ0v) is 14.5. The number of halogens is 1. The van der Waals surface area contributed by atoms with Gasteiger partial charge in [0.05, 0.1) is 12.5 Å². The standard InChI is InChI=1S/C20H17FN2O4/c1-12(22-16(24)11-13-5-3-2-4-6-13)19-17(20(25)26)18(23-27-19)14-7-9-15(21)10-8-14/h2-10,12H,11H2,1H3,(H,22,24)(H,25,26)/t12-/m1/s1. The fourth-order valence-corrected chi connectivity index (χ4v) is 2.75. The summed E-state index contributed by atoms with van der Waals surface area (Å²) in [5.74, 6) is -1.93. The van der Waals surface area contributed by atoms with Crippen LogP contribution in [0.5, 0.6) is 0 Å². The van der Waals surface area contributed by atoms with Gasteiger partial charge in [0.2, 0.25) is 5.91 Å². The van der Waals surface area contributed by atoms with Crippen LogP contribution in [0, 0.1) is 5.82 Å². The van der Waals surface area contributed by atoms with E-state index in [0.29, 0.717) is 5.56 Å². The Morgan fingerprint density at radius 2 is 1.81 bits per heavy atom. The van der Waals surface area contributed by atoms with Crippen molar-refractivity contribution in [3.05, 3.63) is 77.3 Å². The molecule has 0 radical (unpaired) electrons. The second kappa shape index (κ2) is 7.82. The van der Waals surface area contributed by atoms with Gasteiger partial charge in [0.1, 0.15) is 17.1 Å². The largest absolute Gasteiger partial charge is 0.477 e. The molecule has 1 amide bonds. The highest BCUT2D eigenvalue weighted by Gasteiger charge is 2.28. The van der Waals surface area contributed by atoms with Gasteiger partial charge in [0.15, 0.2) is 5.76 Å². The van der Waals surface area contributed by atoms with Crippen LogP contribution in [0.2, 0.25) is 0 Å². The monoisotopic (exact) mass is 368 g/mol. The summed E-state index contributed by atoms with van der Waals surface area (Å²) in [4.78, 5) is 24.0. The topological polar surface area (TPSA) is 92.4 Å². The van der Waals surface area contributed by atoms with Gasteiger partial charge < -0.3 is 14.9 Å². The minimum atomic E-state index is -1.24. The van der Waals surface area contributed by atoms with Crippen molar-refractivity contribution in [3.63, 3.8) is 0 Å². The van der Waals surface area contributed by atoms with Crippen LogP contribution in [0.4, 0.5) is 4.39 Å². The first kappa shape index (κ1) is 18.3. The van der Waals surface area contributed by atoms with Gasteiger partial charge in [-0.1, -0.05) is 35.5 Å². The zero-order valence-electron chi connectivity index (χ0n) is 14.5. The van der Waals surface area contributed by atoms with Crippen molar-refractivity contribution in [2.75, 3.05) is 0 Å². The summed E-state index contributed by atoms with van der Waals surface area (Å²) in [5.41, 5.74) is 1.17. The highest BCUT2D eigenvalue weighted by Crippen LogP contribution is 2.29. The highest BCUT2D eigenvalue weighted by atomic mass is 19.1. The number of carbonyl (C=O) groups excluding carboxylic acids is 1. The molecule has 1 aromatic heterocycles. The summed E-state index contributed by atoms with van der Waals surface area (Å²) in [6, 6.07) is 13.7. The Bertz CT molecular complexity index is 952. The van der Waals surface area contributed by atoms with E-state index in [1.54, 1.807) is 6.92 Å². The van der Waals surface area contributed by atoms with Gasteiger partial charge in [-0.25, -0.2) is 9.18 Å². The van der Waals surface area contributed by atoms with Crippen LogP contribution in [0.1, 0.15) is 34.6 Å². The number of rotatable bonds is 6. The number of benzene rings is 2. The average molecular weight is 368 g/mol. The fourth-order valence-electron chi connectivity index (χ4n) is 2.75. The molecule has 0 aliphatic rings. The number of hydrogen-bond acceptors (Lipinski definition) is 4. The number of carbonyl (C=O) groups is 2. The molecule has 2 aromatic carbocycles. The molecule has 0 spiro atoms. The van der Waals surface area contributed by atoms with E-state index >= 15 is 0 Å². The molecule has 0 unspecified atom stereocenters. The molecular formula is C20H17FN2O4. The Hall–Kier alpha value is -3.48. The predicted octanol–water partition coefficient (Wildman–Crippen LogP) is 3.60. The number of aromatic carboxylic acids is 1. The molecule has 1 atom stereocenters. The summed E-state index contributed by atoms with van der Waals surface area (Å²) in [5, 5.41) is 16.1. The molecule has 1 heterocycles. The molecule has 0 aliphatic heterocycles. The molecule has 0 aliphatic carbocycles. The molecule has 2 N–H and O–H groups in total. The molecule has 138 valence electrons. The Morgan fingerprint density at radius 3 is 2.44 bits per heavy atom. The van der Waals surface area contributed by atoms with E-state index < -0.39 is 17.8 Å². The molecule has 6 nitrogen and oxygen atoms in total. The normalized spacial score (nSPS) is 11.8. The first-order valence-corrected chi connectivity index (χ1v) is 8.28. The summed E-state index contributed by atoms with van der Waals surface area (Å²) in [6.07, 6.45) is 0.159. The molecule has 0 bridgehead atoms. The third-order valence-corrected chi connectivity index (χ3v) is 4.03. The van der Waals surface area contributed by atoms with Crippen molar-refractivity contribution in [2.45, 2.75) is 19.4 Å². The summed E-state index contributed by atoms with van der Waals surface area (Å²) >= 11 is 0. The second-order valence-electron chi connectivity index (χ2n) is 6.03. The molecule has 0 saturated heterocycles. The number of amides is 1. The van der Waals surface area contributed by atoms with Gasteiger partial charge in [-0.05, 0) is 36.8 Å². The minimum Gasteiger partial charge on any atom is -0.477 e. The van der Waals surface area contributed by atoms with E-state index in [9.17, 15) is 19.1 Å². The van der Waals surface area contributed by atoms with E-state index in [1.165, 1.54) is 24.3 Å². The quantitative estimate of drug-likeness (QED) is 0.693. The maximum absolute atomic E-state index is 13.1. The first-order valence-electron chi connectivity index (χ1n) is 8.28. The van der Waals surface area contributed by atoms with Crippen molar-refractivity contribution in [2.24, 2.45) is 0 Å². The van der Waals surface area contributed by atoms with Crippen LogP contribution in [0.3, 0.4) is 0 Å². The van der Waals surface area contributed by atoms with E-state index in [0.717, 1.165) is 5.56 Å². The lowest BCUT2D eigenvalue weighted by Crippen LogP contribution is -2.28. The van der Waals surface area contributed by atoms with E-state index in [-0.39, 0.29) is 29.3 Å². The van der Waals surface area contributed by atoms with Gasteiger partial charge in [-0.2, -0.15) is 0 Å². The first-order chi connectivity index (χ1) is 13.0. The second-order valence-corrected chi connectivity index (χ2v) is 6.03. The molecule has 0 saturated carbocycles. The SMILES string of the molecule is C[C@@H](NC(=O)Cc1ccccc1)c1onc(-c2ccc(F)cc2)c1C(=O)O. The Morgan fingerprint density at radius 1 is 1.15 bits per heavy atom. The van der Waals surface area contributed by atoms with E-state index in [1.807, 2.05) is 30.3 Å². The van der Waals surface area contributed by atoms with E-state index in [2.05, 4.69) is 10.5 Å². The summed E-state index contributed by atoms with van der Waals surface area (Å²) < 4.78 is 18.3. The van der Waals surface area contributed by atoms with Crippen molar-refractivity contribution < 1.29 is 23.6 Å².